The third kappa shape index (κ3) is 5.88. The quantitative estimate of drug-likeness (QED) is 0.595. The summed E-state index contributed by atoms with van der Waals surface area (Å²) < 4.78 is 19.0. The highest BCUT2D eigenvalue weighted by Gasteiger charge is 2.25. The summed E-state index contributed by atoms with van der Waals surface area (Å²) in [6.07, 6.45) is 8.49. The molecule has 1 aromatic carbocycles. The third-order valence-corrected chi connectivity index (χ3v) is 7.67. The Kier molecular flexibility index (Phi) is 8.18. The highest BCUT2D eigenvalue weighted by Crippen LogP contribution is 2.31. The molecule has 0 radical (unpaired) electrons. The van der Waals surface area contributed by atoms with Gasteiger partial charge >= 0.3 is 0 Å². The zero-order valence-corrected chi connectivity index (χ0v) is 20.2. The minimum atomic E-state index is -0.487. The topological polar surface area (TPSA) is 61.6 Å². The zero-order valence-electron chi connectivity index (χ0n) is 18.6. The molecule has 1 saturated carbocycles. The molecule has 1 amide bonds. The summed E-state index contributed by atoms with van der Waals surface area (Å²) >= 11 is 7.67. The fraction of sp³-hybridized carbons (Fsp3) is 0.652. The van der Waals surface area contributed by atoms with Crippen molar-refractivity contribution < 1.29 is 13.7 Å². The number of halogens is 2. The number of fused-ring (bicyclic) bond motifs is 1. The number of carbonyl (C=O) groups excluding carboxylic acids is 1. The largest absolute Gasteiger partial charge is 0.354 e. The first-order valence-electron chi connectivity index (χ1n) is 11.5. The van der Waals surface area contributed by atoms with Crippen LogP contribution in [0.3, 0.4) is 0 Å². The number of benzene rings is 1. The van der Waals surface area contributed by atoms with Crippen LogP contribution in [0.5, 0.6) is 0 Å². The number of hydrogen-bond donors (Lipinski definition) is 1. The molecule has 1 aliphatic heterocycles. The summed E-state index contributed by atoms with van der Waals surface area (Å²) in [6, 6.07) is 3.27. The minimum Gasteiger partial charge on any atom is -0.354 e. The smallest absolute Gasteiger partial charge is 0.221 e. The van der Waals surface area contributed by atoms with Gasteiger partial charge in [-0.1, -0.05) is 16.8 Å². The summed E-state index contributed by atoms with van der Waals surface area (Å²) in [6.45, 7) is 4.80. The van der Waals surface area contributed by atoms with Crippen LogP contribution in [0.15, 0.2) is 16.7 Å². The van der Waals surface area contributed by atoms with Crippen LogP contribution in [0.1, 0.15) is 38.5 Å². The van der Waals surface area contributed by atoms with Gasteiger partial charge in [-0.2, -0.15) is 11.8 Å². The maximum Gasteiger partial charge on any atom is 0.221 e. The second-order valence-corrected chi connectivity index (χ2v) is 10.3. The van der Waals surface area contributed by atoms with Crippen molar-refractivity contribution in [2.24, 2.45) is 5.92 Å². The van der Waals surface area contributed by atoms with E-state index in [0.29, 0.717) is 18.0 Å². The van der Waals surface area contributed by atoms with Crippen LogP contribution in [-0.2, 0) is 4.79 Å². The van der Waals surface area contributed by atoms with Crippen LogP contribution < -0.4 is 10.2 Å². The van der Waals surface area contributed by atoms with Crippen LogP contribution in [0.2, 0.25) is 5.02 Å². The van der Waals surface area contributed by atoms with Crippen molar-refractivity contribution in [1.29, 1.82) is 0 Å². The van der Waals surface area contributed by atoms with Crippen molar-refractivity contribution in [2.75, 3.05) is 49.6 Å². The Morgan fingerprint density at radius 1 is 1.25 bits per heavy atom. The second kappa shape index (κ2) is 11.1. The number of carbonyl (C=O) groups is 1. The second-order valence-electron chi connectivity index (χ2n) is 8.91. The monoisotopic (exact) mass is 482 g/mol. The summed E-state index contributed by atoms with van der Waals surface area (Å²) in [5.74, 6) is 2.11. The van der Waals surface area contributed by atoms with Gasteiger partial charge in [0.1, 0.15) is 5.82 Å². The lowest BCUT2D eigenvalue weighted by Gasteiger charge is -2.36. The average Bonchev–Trinajstić information content (AvgIpc) is 3.20. The molecule has 1 saturated heterocycles. The molecule has 9 heteroatoms. The van der Waals surface area contributed by atoms with Crippen LogP contribution in [0.25, 0.3) is 11.0 Å². The molecule has 2 heterocycles. The average molecular weight is 483 g/mol. The molecular formula is C23H32ClFN4O2S. The predicted molar refractivity (Wildman–Crippen MR) is 129 cm³/mol. The van der Waals surface area contributed by atoms with Crippen molar-refractivity contribution in [3.63, 3.8) is 0 Å². The van der Waals surface area contributed by atoms with Crippen LogP contribution >= 0.6 is 23.4 Å². The lowest BCUT2D eigenvalue weighted by molar-refractivity contribution is -0.121. The van der Waals surface area contributed by atoms with Crippen LogP contribution in [-0.4, -0.2) is 66.7 Å². The van der Waals surface area contributed by atoms with E-state index < -0.39 is 5.82 Å². The summed E-state index contributed by atoms with van der Waals surface area (Å²) in [4.78, 5) is 16.6. The van der Waals surface area contributed by atoms with E-state index in [1.165, 1.54) is 25.3 Å². The van der Waals surface area contributed by atoms with Crippen molar-refractivity contribution in [3.05, 3.63) is 23.0 Å². The summed E-state index contributed by atoms with van der Waals surface area (Å²) in [5.41, 5.74) is 0.431. The van der Waals surface area contributed by atoms with Gasteiger partial charge in [0.05, 0.1) is 10.4 Å². The number of nitrogens with one attached hydrogen (secondary N) is 1. The molecule has 1 aromatic heterocycles. The van der Waals surface area contributed by atoms with Gasteiger partial charge in [0.2, 0.25) is 5.91 Å². The number of amides is 1. The Hall–Kier alpha value is -1.51. The van der Waals surface area contributed by atoms with Gasteiger partial charge in [-0.05, 0) is 56.9 Å². The van der Waals surface area contributed by atoms with Crippen molar-refractivity contribution in [3.8, 4) is 0 Å². The predicted octanol–water partition coefficient (Wildman–Crippen LogP) is 4.56. The summed E-state index contributed by atoms with van der Waals surface area (Å²) in [7, 11) is 0. The molecule has 0 atom stereocenters. The normalized spacial score (nSPS) is 22.4. The number of piperazine rings is 1. The van der Waals surface area contributed by atoms with Gasteiger partial charge in [-0.15, -0.1) is 0 Å². The lowest BCUT2D eigenvalue weighted by atomic mass is 9.84. The molecule has 2 fully saturated rings. The van der Waals surface area contributed by atoms with Crippen LogP contribution in [0, 0.1) is 11.7 Å². The van der Waals surface area contributed by atoms with E-state index in [9.17, 15) is 9.18 Å². The van der Waals surface area contributed by atoms with Crippen molar-refractivity contribution >= 4 is 46.1 Å². The lowest BCUT2D eigenvalue weighted by Crippen LogP contribution is -2.47. The number of hydrogen-bond acceptors (Lipinski definition) is 6. The SMILES string of the molecule is CSCCC(=O)NC1CCC(CCN2CCN(c3noc4cc(F)c(Cl)cc34)CC2)CC1. The van der Waals surface area contributed by atoms with Gasteiger partial charge in [-0.3, -0.25) is 9.69 Å². The minimum absolute atomic E-state index is 0.0924. The third-order valence-electron chi connectivity index (χ3n) is 6.76. The molecule has 0 spiro atoms. The molecule has 1 aliphatic carbocycles. The van der Waals surface area contributed by atoms with E-state index in [-0.39, 0.29) is 10.9 Å². The maximum atomic E-state index is 13.7. The van der Waals surface area contributed by atoms with Crippen LogP contribution in [0.4, 0.5) is 10.2 Å². The Bertz CT molecular complexity index is 911. The molecule has 2 aromatic rings. The van der Waals surface area contributed by atoms with Crippen molar-refractivity contribution in [2.45, 2.75) is 44.6 Å². The fourth-order valence-electron chi connectivity index (χ4n) is 4.79. The standard InChI is InChI=1S/C23H32ClFN4O2S/c1-32-13-7-22(30)26-17-4-2-16(3-5-17)6-8-28-9-11-29(12-10-28)23-18-14-19(24)20(25)15-21(18)31-27-23/h14-17H,2-13H2,1H3,(H,26,30). The molecule has 176 valence electrons. The van der Waals surface area contributed by atoms with E-state index in [4.69, 9.17) is 16.1 Å². The number of thioether (sulfide) groups is 1. The molecule has 6 nitrogen and oxygen atoms in total. The van der Waals surface area contributed by atoms with E-state index >= 15 is 0 Å². The van der Waals surface area contributed by atoms with E-state index in [1.54, 1.807) is 17.8 Å². The Morgan fingerprint density at radius 2 is 2.00 bits per heavy atom. The van der Waals surface area contributed by atoms with Gasteiger partial charge in [0.25, 0.3) is 0 Å². The zero-order chi connectivity index (χ0) is 22.5. The molecule has 0 bridgehead atoms. The van der Waals surface area contributed by atoms with Gasteiger partial charge < -0.3 is 14.7 Å². The van der Waals surface area contributed by atoms with Crippen molar-refractivity contribution in [1.82, 2.24) is 15.4 Å². The Balaban J connectivity index is 1.18. The first-order valence-corrected chi connectivity index (χ1v) is 13.3. The maximum absolute atomic E-state index is 13.7. The molecule has 4 rings (SSSR count). The highest BCUT2D eigenvalue weighted by atomic mass is 35.5. The molecule has 32 heavy (non-hydrogen) atoms. The Morgan fingerprint density at radius 3 is 2.72 bits per heavy atom. The van der Waals surface area contributed by atoms with E-state index in [1.807, 2.05) is 6.26 Å². The van der Waals surface area contributed by atoms with E-state index in [2.05, 4.69) is 20.3 Å². The number of anilines is 1. The summed E-state index contributed by atoms with van der Waals surface area (Å²) in [5, 5.41) is 8.23. The van der Waals surface area contributed by atoms with Gasteiger partial charge in [0.15, 0.2) is 11.4 Å². The fourth-order valence-corrected chi connectivity index (χ4v) is 5.34. The molecule has 2 aliphatic rings. The molecule has 1 N–H and O–H groups in total. The van der Waals surface area contributed by atoms with Gasteiger partial charge in [0, 0.05) is 50.5 Å². The van der Waals surface area contributed by atoms with Gasteiger partial charge in [-0.25, -0.2) is 4.39 Å². The highest BCUT2D eigenvalue weighted by molar-refractivity contribution is 7.98. The molecule has 0 unspecified atom stereocenters. The number of rotatable bonds is 8. The first kappa shape index (κ1) is 23.6. The number of nitrogens with zero attached hydrogens (tertiary/aromatic N) is 3. The number of aromatic nitrogens is 1. The molecular weight excluding hydrogens is 451 g/mol. The Labute approximate surface area is 198 Å². The van der Waals surface area contributed by atoms with E-state index in [0.717, 1.165) is 68.4 Å². The first-order chi connectivity index (χ1) is 15.5.